The van der Waals surface area contributed by atoms with E-state index in [2.05, 4.69) is 5.32 Å². The summed E-state index contributed by atoms with van der Waals surface area (Å²) in [4.78, 5) is 33.7. The van der Waals surface area contributed by atoms with Crippen LogP contribution in [0.25, 0.3) is 15.9 Å². The molecule has 4 aromatic rings. The van der Waals surface area contributed by atoms with Crippen molar-refractivity contribution in [2.45, 2.75) is 37.8 Å². The second-order valence-electron chi connectivity index (χ2n) is 8.49. The van der Waals surface area contributed by atoms with Crippen LogP contribution in [0.1, 0.15) is 28.8 Å². The lowest BCUT2D eigenvalue weighted by molar-refractivity contribution is -0.113. The van der Waals surface area contributed by atoms with Crippen molar-refractivity contribution in [1.82, 2.24) is 9.55 Å². The van der Waals surface area contributed by atoms with Gasteiger partial charge in [0.1, 0.15) is 10.6 Å². The fourth-order valence-corrected chi connectivity index (χ4v) is 6.88. The zero-order chi connectivity index (χ0) is 25.4. The number of aromatic nitrogens is 2. The van der Waals surface area contributed by atoms with Crippen molar-refractivity contribution in [3.8, 4) is 11.4 Å². The van der Waals surface area contributed by atoms with E-state index in [4.69, 9.17) is 32.9 Å². The minimum absolute atomic E-state index is 0.0400. The lowest BCUT2D eigenvalue weighted by Crippen LogP contribution is -2.24. The second kappa shape index (κ2) is 10.5. The lowest BCUT2D eigenvalue weighted by atomic mass is 9.97. The highest BCUT2D eigenvalue weighted by Gasteiger charge is 2.24. The van der Waals surface area contributed by atoms with Gasteiger partial charge in [0.15, 0.2) is 5.16 Å². The summed E-state index contributed by atoms with van der Waals surface area (Å²) < 4.78 is 6.92. The first-order chi connectivity index (χ1) is 17.4. The summed E-state index contributed by atoms with van der Waals surface area (Å²) in [6.07, 6.45) is 4.05. The number of aryl methyl sites for hydroxylation is 2. The number of halogens is 2. The summed E-state index contributed by atoms with van der Waals surface area (Å²) in [5.41, 5.74) is 2.92. The third kappa shape index (κ3) is 4.75. The van der Waals surface area contributed by atoms with E-state index in [1.807, 2.05) is 19.1 Å². The van der Waals surface area contributed by atoms with Gasteiger partial charge < -0.3 is 10.1 Å². The summed E-state index contributed by atoms with van der Waals surface area (Å²) in [7, 11) is 1.53. The molecule has 186 valence electrons. The number of benzene rings is 2. The van der Waals surface area contributed by atoms with E-state index < -0.39 is 0 Å². The molecule has 0 saturated heterocycles. The average Bonchev–Trinajstić information content (AvgIpc) is 3.24. The minimum Gasteiger partial charge on any atom is -0.495 e. The largest absolute Gasteiger partial charge is 0.495 e. The van der Waals surface area contributed by atoms with Crippen molar-refractivity contribution in [3.63, 3.8) is 0 Å². The van der Waals surface area contributed by atoms with Crippen molar-refractivity contribution in [2.24, 2.45) is 0 Å². The third-order valence-corrected chi connectivity index (χ3v) is 8.97. The standard InChI is InChI=1S/C26H23Cl2N3O3S2/c1-14-17(28)7-5-8-19(14)31-25(33)23-16-6-3-4-9-21(16)36-24(23)30-26(31)35-13-22(32)29-18-12-15(27)10-11-20(18)34-2/h5,7-8,10-12H,3-4,6,9,13H2,1-2H3,(H,29,32). The Balaban J connectivity index is 1.55. The van der Waals surface area contributed by atoms with Crippen LogP contribution in [0.2, 0.25) is 10.0 Å². The Kier molecular flexibility index (Phi) is 7.30. The van der Waals surface area contributed by atoms with E-state index in [0.717, 1.165) is 41.6 Å². The molecule has 0 atom stereocenters. The number of carbonyl (C=O) groups excluding carboxylic acids is 1. The quantitative estimate of drug-likeness (QED) is 0.210. The first-order valence-corrected chi connectivity index (χ1v) is 14.0. The molecule has 1 N–H and O–H groups in total. The number of hydrogen-bond acceptors (Lipinski definition) is 6. The van der Waals surface area contributed by atoms with Crippen molar-refractivity contribution in [1.29, 1.82) is 0 Å². The van der Waals surface area contributed by atoms with Gasteiger partial charge in [0.05, 0.1) is 29.6 Å². The molecular formula is C26H23Cl2N3O3S2. The van der Waals surface area contributed by atoms with E-state index >= 15 is 0 Å². The van der Waals surface area contributed by atoms with Crippen LogP contribution in [0, 0.1) is 6.92 Å². The van der Waals surface area contributed by atoms with Crippen LogP contribution in [0.3, 0.4) is 0 Å². The molecule has 0 radical (unpaired) electrons. The summed E-state index contributed by atoms with van der Waals surface area (Å²) in [6, 6.07) is 10.5. The minimum atomic E-state index is -0.269. The number of rotatable bonds is 6. The van der Waals surface area contributed by atoms with Gasteiger partial charge in [0, 0.05) is 14.9 Å². The first-order valence-electron chi connectivity index (χ1n) is 11.5. The molecule has 0 saturated carbocycles. The van der Waals surface area contributed by atoms with Gasteiger partial charge in [-0.1, -0.05) is 41.0 Å². The summed E-state index contributed by atoms with van der Waals surface area (Å²) >= 11 is 15.3. The number of hydrogen-bond donors (Lipinski definition) is 1. The summed E-state index contributed by atoms with van der Waals surface area (Å²) in [5, 5.41) is 5.02. The van der Waals surface area contributed by atoms with Crippen LogP contribution in [-0.2, 0) is 17.6 Å². The smallest absolute Gasteiger partial charge is 0.267 e. The second-order valence-corrected chi connectivity index (χ2v) is 11.4. The van der Waals surface area contributed by atoms with Crippen LogP contribution < -0.4 is 15.6 Å². The van der Waals surface area contributed by atoms with Gasteiger partial charge in [0.25, 0.3) is 5.56 Å². The Labute approximate surface area is 226 Å². The molecule has 2 aromatic carbocycles. The van der Waals surface area contributed by atoms with Crippen LogP contribution in [0.5, 0.6) is 5.75 Å². The van der Waals surface area contributed by atoms with E-state index in [9.17, 15) is 9.59 Å². The number of methoxy groups -OCH3 is 1. The molecule has 10 heteroatoms. The molecule has 1 amide bonds. The number of thiophene rings is 1. The molecule has 0 unspecified atom stereocenters. The van der Waals surface area contributed by atoms with Crippen LogP contribution in [0.4, 0.5) is 5.69 Å². The highest BCUT2D eigenvalue weighted by Crippen LogP contribution is 2.36. The normalized spacial score (nSPS) is 13.0. The number of anilines is 1. The lowest BCUT2D eigenvalue weighted by Gasteiger charge is -2.16. The zero-order valence-electron chi connectivity index (χ0n) is 19.7. The molecule has 2 heterocycles. The number of carbonyl (C=O) groups is 1. The van der Waals surface area contributed by atoms with Crippen molar-refractivity contribution < 1.29 is 9.53 Å². The van der Waals surface area contributed by atoms with Gasteiger partial charge >= 0.3 is 0 Å². The van der Waals surface area contributed by atoms with Gasteiger partial charge in [-0.25, -0.2) is 4.98 Å². The Bertz CT molecular complexity index is 1550. The predicted molar refractivity (Wildman–Crippen MR) is 149 cm³/mol. The fourth-order valence-electron chi connectivity index (χ4n) is 4.43. The maximum Gasteiger partial charge on any atom is 0.267 e. The Hall–Kier alpha value is -2.52. The molecule has 6 nitrogen and oxygen atoms in total. The number of nitrogens with one attached hydrogen (secondary N) is 1. The van der Waals surface area contributed by atoms with Crippen LogP contribution >= 0.6 is 46.3 Å². The maximum absolute atomic E-state index is 13.9. The number of ether oxygens (including phenoxy) is 1. The van der Waals surface area contributed by atoms with Gasteiger partial charge in [-0.05, 0) is 74.1 Å². The van der Waals surface area contributed by atoms with Crippen LogP contribution in [-0.4, -0.2) is 28.3 Å². The number of thioether (sulfide) groups is 1. The molecule has 0 aliphatic heterocycles. The van der Waals surface area contributed by atoms with Crippen LogP contribution in [0.15, 0.2) is 46.3 Å². The number of amides is 1. The van der Waals surface area contributed by atoms with Crippen molar-refractivity contribution in [2.75, 3.05) is 18.2 Å². The van der Waals surface area contributed by atoms with Gasteiger partial charge in [-0.2, -0.15) is 0 Å². The monoisotopic (exact) mass is 559 g/mol. The molecule has 36 heavy (non-hydrogen) atoms. The molecule has 0 fully saturated rings. The van der Waals surface area contributed by atoms with Crippen molar-refractivity contribution in [3.05, 3.63) is 72.8 Å². The average molecular weight is 561 g/mol. The molecule has 1 aliphatic carbocycles. The molecular weight excluding hydrogens is 537 g/mol. The highest BCUT2D eigenvalue weighted by atomic mass is 35.5. The fraction of sp³-hybridized carbons (Fsp3) is 0.269. The topological polar surface area (TPSA) is 73.2 Å². The van der Waals surface area contributed by atoms with E-state index in [1.54, 1.807) is 40.2 Å². The van der Waals surface area contributed by atoms with Gasteiger partial charge in [-0.3, -0.25) is 14.2 Å². The predicted octanol–water partition coefficient (Wildman–Crippen LogP) is 6.68. The number of nitrogens with zero attached hydrogens (tertiary/aromatic N) is 2. The number of fused-ring (bicyclic) bond motifs is 3. The molecule has 0 bridgehead atoms. The van der Waals surface area contributed by atoms with E-state index in [0.29, 0.717) is 37.7 Å². The SMILES string of the molecule is COc1ccc(Cl)cc1NC(=O)CSc1nc2sc3c(c2c(=O)n1-c1cccc(Cl)c1C)CCCC3. The highest BCUT2D eigenvalue weighted by molar-refractivity contribution is 7.99. The van der Waals surface area contributed by atoms with Gasteiger partial charge in [0.2, 0.25) is 5.91 Å². The zero-order valence-corrected chi connectivity index (χ0v) is 22.8. The summed E-state index contributed by atoms with van der Waals surface area (Å²) in [6.45, 7) is 1.88. The molecule has 1 aliphatic rings. The molecule has 0 spiro atoms. The summed E-state index contributed by atoms with van der Waals surface area (Å²) in [5.74, 6) is 0.279. The van der Waals surface area contributed by atoms with Gasteiger partial charge in [-0.15, -0.1) is 11.3 Å². The molecule has 2 aromatic heterocycles. The maximum atomic E-state index is 13.9. The Morgan fingerprint density at radius 2 is 2.03 bits per heavy atom. The first kappa shape index (κ1) is 25.1. The van der Waals surface area contributed by atoms with E-state index in [1.165, 1.54) is 23.7 Å². The molecule has 5 rings (SSSR count). The Morgan fingerprint density at radius 1 is 1.22 bits per heavy atom. The Morgan fingerprint density at radius 3 is 2.83 bits per heavy atom. The van der Waals surface area contributed by atoms with Crippen molar-refractivity contribution >= 4 is 68.1 Å². The van der Waals surface area contributed by atoms with E-state index in [-0.39, 0.29) is 17.2 Å². The third-order valence-electron chi connectivity index (χ3n) is 6.21.